The van der Waals surface area contributed by atoms with E-state index in [0.717, 1.165) is 12.1 Å². The summed E-state index contributed by atoms with van der Waals surface area (Å²) in [6.45, 7) is 0. The van der Waals surface area contributed by atoms with E-state index >= 15 is 0 Å². The van der Waals surface area contributed by atoms with Gasteiger partial charge in [-0.25, -0.2) is 4.79 Å². The molecule has 1 aliphatic heterocycles. The molecule has 7 N–H and O–H groups in total. The number of ether oxygens (including phenoxy) is 2. The van der Waals surface area contributed by atoms with Crippen LogP contribution in [-0.2, 0) is 9.53 Å². The highest BCUT2D eigenvalue weighted by Crippen LogP contribution is 2.35. The van der Waals surface area contributed by atoms with E-state index < -0.39 is 53.6 Å². The molecule has 12 heteroatoms. The minimum atomic E-state index is -1.86. The van der Waals surface area contributed by atoms with Crippen molar-refractivity contribution in [3.63, 3.8) is 0 Å². The predicted molar refractivity (Wildman–Crippen MR) is 108 cm³/mol. The molecule has 2 heterocycles. The monoisotopic (exact) mass is 462 g/mol. The van der Waals surface area contributed by atoms with Gasteiger partial charge in [-0.15, -0.1) is 0 Å². The van der Waals surface area contributed by atoms with Crippen LogP contribution >= 0.6 is 0 Å². The minimum Gasteiger partial charge on any atom is -0.508 e. The van der Waals surface area contributed by atoms with Crippen LogP contribution in [0, 0.1) is 0 Å². The van der Waals surface area contributed by atoms with E-state index in [1.165, 1.54) is 24.3 Å². The topological polar surface area (TPSA) is 207 Å². The fraction of sp³-hybridized carbons (Fsp3) is 0.238. The van der Waals surface area contributed by atoms with Crippen molar-refractivity contribution < 1.29 is 54.4 Å². The number of benzene rings is 2. The Balaban J connectivity index is 1.63. The molecule has 1 aliphatic rings. The van der Waals surface area contributed by atoms with Crippen molar-refractivity contribution >= 4 is 16.9 Å². The summed E-state index contributed by atoms with van der Waals surface area (Å²) < 4.78 is 15.9. The fourth-order valence-electron chi connectivity index (χ4n) is 3.44. The van der Waals surface area contributed by atoms with Crippen molar-refractivity contribution in [2.24, 2.45) is 0 Å². The van der Waals surface area contributed by atoms with Gasteiger partial charge < -0.3 is 49.6 Å². The Labute approximate surface area is 183 Å². The number of carbonyl (C=O) groups is 1. The molecule has 12 nitrogen and oxygen atoms in total. The van der Waals surface area contributed by atoms with Crippen LogP contribution in [0.4, 0.5) is 0 Å². The standard InChI is InChI=1S/C21H18O12/c22-8-5-10(23)12-11(6-8)32-18(15(26)13(12)24)7-1-3-9(4-2-7)31-21-17(28)14(25)16(27)19(33-21)20(29)30/h1-6,14,16-17,19,21-23,25-28H,(H,29,30)/t14-,16-,17+,19-,21+/m0/s1. The van der Waals surface area contributed by atoms with E-state index in [-0.39, 0.29) is 33.8 Å². The van der Waals surface area contributed by atoms with Gasteiger partial charge in [0, 0.05) is 17.7 Å². The number of carboxylic acids is 1. The molecule has 5 atom stereocenters. The van der Waals surface area contributed by atoms with Crippen LogP contribution in [-0.4, -0.2) is 72.4 Å². The maximum atomic E-state index is 12.5. The lowest BCUT2D eigenvalue weighted by atomic mass is 9.99. The van der Waals surface area contributed by atoms with Crippen molar-refractivity contribution in [3.8, 4) is 34.3 Å². The van der Waals surface area contributed by atoms with Gasteiger partial charge in [0.05, 0.1) is 0 Å². The largest absolute Gasteiger partial charge is 0.508 e. The lowest BCUT2D eigenvalue weighted by Gasteiger charge is -2.38. The van der Waals surface area contributed by atoms with Crippen LogP contribution in [0.2, 0.25) is 0 Å². The van der Waals surface area contributed by atoms with Gasteiger partial charge in [-0.05, 0) is 24.3 Å². The van der Waals surface area contributed by atoms with Crippen LogP contribution in [0.5, 0.6) is 23.0 Å². The predicted octanol–water partition coefficient (Wildman–Crippen LogP) is -0.152. The lowest BCUT2D eigenvalue weighted by Crippen LogP contribution is -2.61. The number of phenolic OH excluding ortho intramolecular Hbond substituents is 2. The highest BCUT2D eigenvalue weighted by molar-refractivity contribution is 5.88. The highest BCUT2D eigenvalue weighted by atomic mass is 16.7. The number of aliphatic hydroxyl groups excluding tert-OH is 3. The average molecular weight is 462 g/mol. The van der Waals surface area contributed by atoms with E-state index in [1.807, 2.05) is 0 Å². The Morgan fingerprint density at radius 1 is 0.939 bits per heavy atom. The number of aliphatic carboxylic acids is 1. The third kappa shape index (κ3) is 3.91. The summed E-state index contributed by atoms with van der Waals surface area (Å²) in [5.74, 6) is -3.49. The van der Waals surface area contributed by atoms with Gasteiger partial charge in [0.15, 0.2) is 11.9 Å². The summed E-state index contributed by atoms with van der Waals surface area (Å²) in [7, 11) is 0. The van der Waals surface area contributed by atoms with Crippen LogP contribution < -0.4 is 10.2 Å². The van der Waals surface area contributed by atoms with Gasteiger partial charge in [0.2, 0.25) is 17.5 Å². The van der Waals surface area contributed by atoms with Crippen molar-refractivity contribution in [1.82, 2.24) is 0 Å². The average Bonchev–Trinajstić information content (AvgIpc) is 2.76. The quantitative estimate of drug-likeness (QED) is 0.270. The smallest absolute Gasteiger partial charge is 0.335 e. The first-order valence-electron chi connectivity index (χ1n) is 9.49. The molecule has 1 aromatic heterocycles. The second-order valence-electron chi connectivity index (χ2n) is 7.32. The molecule has 4 rings (SSSR count). The second-order valence-corrected chi connectivity index (χ2v) is 7.32. The number of aliphatic hydroxyl groups is 3. The first-order chi connectivity index (χ1) is 15.6. The Morgan fingerprint density at radius 3 is 2.24 bits per heavy atom. The minimum absolute atomic E-state index is 0.0495. The van der Waals surface area contributed by atoms with Gasteiger partial charge in [0.1, 0.15) is 46.5 Å². The molecule has 0 unspecified atom stereocenters. The summed E-state index contributed by atoms with van der Waals surface area (Å²) in [6, 6.07) is 7.38. The summed E-state index contributed by atoms with van der Waals surface area (Å²) in [4.78, 5) is 23.6. The Bertz CT molecular complexity index is 1260. The number of hydrogen-bond donors (Lipinski definition) is 7. The molecule has 0 amide bonds. The number of aromatic hydroxyl groups is 3. The summed E-state index contributed by atoms with van der Waals surface area (Å²) in [5.41, 5.74) is -0.891. The molecule has 0 aliphatic carbocycles. The molecule has 0 radical (unpaired) electrons. The first-order valence-corrected chi connectivity index (χ1v) is 9.49. The fourth-order valence-corrected chi connectivity index (χ4v) is 3.44. The van der Waals surface area contributed by atoms with Crippen LogP contribution in [0.3, 0.4) is 0 Å². The van der Waals surface area contributed by atoms with E-state index in [2.05, 4.69) is 0 Å². The van der Waals surface area contributed by atoms with Gasteiger partial charge in [-0.3, -0.25) is 4.79 Å². The van der Waals surface area contributed by atoms with E-state index in [0.29, 0.717) is 0 Å². The molecule has 174 valence electrons. The molecule has 1 fully saturated rings. The zero-order chi connectivity index (χ0) is 24.0. The number of rotatable bonds is 4. The Kier molecular flexibility index (Phi) is 5.59. The first kappa shape index (κ1) is 22.4. The number of phenols is 2. The molecule has 2 aromatic carbocycles. The second kappa shape index (κ2) is 8.26. The molecule has 3 aromatic rings. The van der Waals surface area contributed by atoms with Gasteiger partial charge in [0.25, 0.3) is 0 Å². The molecule has 0 saturated carbocycles. The van der Waals surface area contributed by atoms with Gasteiger partial charge in [-0.1, -0.05) is 0 Å². The number of fused-ring (bicyclic) bond motifs is 1. The Morgan fingerprint density at radius 2 is 1.61 bits per heavy atom. The van der Waals surface area contributed by atoms with E-state index in [4.69, 9.17) is 19.0 Å². The van der Waals surface area contributed by atoms with Crippen molar-refractivity contribution in [3.05, 3.63) is 46.6 Å². The highest BCUT2D eigenvalue weighted by Gasteiger charge is 2.48. The maximum absolute atomic E-state index is 12.5. The summed E-state index contributed by atoms with van der Waals surface area (Å²) >= 11 is 0. The van der Waals surface area contributed by atoms with Crippen molar-refractivity contribution in [2.45, 2.75) is 30.7 Å². The van der Waals surface area contributed by atoms with E-state index in [9.17, 15) is 40.2 Å². The zero-order valence-corrected chi connectivity index (χ0v) is 16.5. The van der Waals surface area contributed by atoms with Gasteiger partial charge in [-0.2, -0.15) is 0 Å². The van der Waals surface area contributed by atoms with Crippen molar-refractivity contribution in [2.75, 3.05) is 0 Å². The SMILES string of the molecule is O=C(O)[C@H]1O[C@@H](Oc2ccc(-c3oc4cc(O)cc(O)c4c(=O)c3O)cc2)[C@H](O)[C@@H](O)[C@@H]1O. The maximum Gasteiger partial charge on any atom is 0.335 e. The molecule has 0 bridgehead atoms. The number of carboxylic acid groups (broad SMARTS) is 1. The summed E-state index contributed by atoms with van der Waals surface area (Å²) in [6.07, 6.45) is -8.89. The van der Waals surface area contributed by atoms with Gasteiger partial charge >= 0.3 is 5.97 Å². The van der Waals surface area contributed by atoms with Crippen LogP contribution in [0.25, 0.3) is 22.3 Å². The third-order valence-electron chi connectivity index (χ3n) is 5.12. The molecular formula is C21H18O12. The van der Waals surface area contributed by atoms with Crippen LogP contribution in [0.1, 0.15) is 0 Å². The lowest BCUT2D eigenvalue weighted by molar-refractivity contribution is -0.271. The third-order valence-corrected chi connectivity index (χ3v) is 5.12. The molecular weight excluding hydrogens is 444 g/mol. The molecule has 0 spiro atoms. The van der Waals surface area contributed by atoms with Crippen LogP contribution in [0.15, 0.2) is 45.6 Å². The summed E-state index contributed by atoms with van der Waals surface area (Å²) in [5, 5.41) is 68.2. The normalized spacial score (nSPS) is 25.1. The molecule has 33 heavy (non-hydrogen) atoms. The number of hydrogen-bond acceptors (Lipinski definition) is 11. The molecule has 1 saturated heterocycles. The van der Waals surface area contributed by atoms with Crippen molar-refractivity contribution in [1.29, 1.82) is 0 Å². The van der Waals surface area contributed by atoms with E-state index in [1.54, 1.807) is 0 Å². The zero-order valence-electron chi connectivity index (χ0n) is 16.5. The Hall–Kier alpha value is -3.84.